The first-order chi connectivity index (χ1) is 24.6. The number of rotatable bonds is 32. The van der Waals surface area contributed by atoms with Gasteiger partial charge in [-0.3, -0.25) is 28.8 Å². The molecule has 0 saturated heterocycles. The third kappa shape index (κ3) is 31.2. The van der Waals surface area contributed by atoms with E-state index in [1.165, 1.54) is 28.4 Å². The normalized spacial score (nSPS) is 10.5. The Morgan fingerprint density at radius 3 is 1.41 bits per heavy atom. The molecule has 0 aliphatic carbocycles. The van der Waals surface area contributed by atoms with Gasteiger partial charge in [-0.25, -0.2) is 4.79 Å². The summed E-state index contributed by atoms with van der Waals surface area (Å²) in [4.78, 5) is 84.9. The molecule has 0 aromatic carbocycles. The summed E-state index contributed by atoms with van der Waals surface area (Å²) in [5.74, 6) is 1.25. The molecule has 0 atom stereocenters. The van der Waals surface area contributed by atoms with E-state index in [4.69, 9.17) is 9.47 Å². The Balaban J connectivity index is 4.20. The van der Waals surface area contributed by atoms with E-state index in [9.17, 15) is 33.6 Å². The molecule has 0 heterocycles. The average molecular weight is 764 g/mol. The minimum absolute atomic E-state index is 0.0503. The number of ether oxygens (including phenoxy) is 2. The molecule has 18 heteroatoms. The van der Waals surface area contributed by atoms with Crippen LogP contribution in [0, 0.1) is 0 Å². The molecule has 0 spiro atoms. The number of amides is 7. The van der Waals surface area contributed by atoms with E-state index < -0.39 is 6.09 Å². The van der Waals surface area contributed by atoms with E-state index in [1.54, 1.807) is 14.1 Å². The van der Waals surface area contributed by atoms with Crippen molar-refractivity contribution in [2.75, 3.05) is 96.2 Å². The van der Waals surface area contributed by atoms with E-state index >= 15 is 0 Å². The Hall–Kier alpha value is -3.25. The molecule has 0 unspecified atom stereocenters. The van der Waals surface area contributed by atoms with Gasteiger partial charge in [0.1, 0.15) is 6.61 Å². The predicted octanol–water partition coefficient (Wildman–Crippen LogP) is 0.786. The van der Waals surface area contributed by atoms with Gasteiger partial charge in [0.15, 0.2) is 0 Å². The number of unbranched alkanes of at least 4 members (excludes halogenated alkanes) is 4. The number of hydrogen-bond acceptors (Lipinski definition) is 11. The fourth-order valence-corrected chi connectivity index (χ4v) is 5.72. The molecule has 16 nitrogen and oxygen atoms in total. The summed E-state index contributed by atoms with van der Waals surface area (Å²) >= 11 is 2.82. The van der Waals surface area contributed by atoms with E-state index in [0.717, 1.165) is 25.7 Å². The van der Waals surface area contributed by atoms with Crippen molar-refractivity contribution in [3.05, 3.63) is 0 Å². The van der Waals surface area contributed by atoms with E-state index in [1.807, 2.05) is 6.92 Å². The summed E-state index contributed by atoms with van der Waals surface area (Å²) in [6.07, 6.45) is 5.20. The lowest BCUT2D eigenvalue weighted by molar-refractivity contribution is -0.121. The maximum Gasteiger partial charge on any atom is 0.409 e. The SMILES string of the molecule is CCOCCOC(=O)N(CCNC(=O)CCCCCNC(=O)CSCCC(=O)NC)CCNC(=O)CCCCCNC(=O)CSCCC(=O)NC. The highest BCUT2D eigenvalue weighted by molar-refractivity contribution is 8.00. The van der Waals surface area contributed by atoms with Gasteiger partial charge in [-0.15, -0.1) is 0 Å². The van der Waals surface area contributed by atoms with Crippen LogP contribution >= 0.6 is 23.5 Å². The van der Waals surface area contributed by atoms with Crippen molar-refractivity contribution in [2.45, 2.75) is 71.1 Å². The third-order valence-corrected chi connectivity index (χ3v) is 9.02. The molecular weight excluding hydrogens is 703 g/mol. The number of thioether (sulfide) groups is 2. The molecule has 0 saturated carbocycles. The van der Waals surface area contributed by atoms with Crippen molar-refractivity contribution in [3.63, 3.8) is 0 Å². The topological polar surface area (TPSA) is 213 Å². The summed E-state index contributed by atoms with van der Waals surface area (Å²) in [7, 11) is 3.16. The van der Waals surface area contributed by atoms with Gasteiger partial charge in [-0.2, -0.15) is 23.5 Å². The Bertz CT molecular complexity index is 959. The van der Waals surface area contributed by atoms with Gasteiger partial charge >= 0.3 is 6.09 Å². The third-order valence-electron chi connectivity index (χ3n) is 7.10. The van der Waals surface area contributed by atoms with Crippen LogP contribution in [0.2, 0.25) is 0 Å². The minimum Gasteiger partial charge on any atom is -0.447 e. The molecule has 51 heavy (non-hydrogen) atoms. The average Bonchev–Trinajstić information content (AvgIpc) is 3.12. The van der Waals surface area contributed by atoms with Crippen LogP contribution in [-0.2, 0) is 38.2 Å². The lowest BCUT2D eigenvalue weighted by Crippen LogP contribution is -2.43. The summed E-state index contributed by atoms with van der Waals surface area (Å²) in [5, 5.41) is 16.4. The monoisotopic (exact) mass is 763 g/mol. The predicted molar refractivity (Wildman–Crippen MR) is 200 cm³/mol. The van der Waals surface area contributed by atoms with Gasteiger partial charge in [0, 0.05) is 97.2 Å². The molecule has 7 amide bonds. The standard InChI is InChI=1S/C33H61N7O9S2/c1-4-48-21-22-49-33(47)40(19-17-38-29(43)11-7-5-9-15-36-31(45)25-50-23-13-27(41)34-2)20-18-39-30(44)12-8-6-10-16-37-32(46)26-51-24-14-28(42)35-3/h4-26H2,1-3H3,(H,34,41)(H,35,42)(H,36,45)(H,37,46)(H,38,43)(H,39,44). The molecule has 0 aliphatic heterocycles. The van der Waals surface area contributed by atoms with Crippen molar-refractivity contribution in [2.24, 2.45) is 0 Å². The molecule has 294 valence electrons. The van der Waals surface area contributed by atoms with Crippen LogP contribution in [0.3, 0.4) is 0 Å². The Morgan fingerprint density at radius 2 is 0.980 bits per heavy atom. The molecule has 0 rings (SSSR count). The van der Waals surface area contributed by atoms with Gasteiger partial charge in [0.05, 0.1) is 18.1 Å². The summed E-state index contributed by atoms with van der Waals surface area (Å²) in [5.41, 5.74) is 0. The highest BCUT2D eigenvalue weighted by Crippen LogP contribution is 2.04. The number of carbonyl (C=O) groups is 7. The second-order valence-electron chi connectivity index (χ2n) is 11.3. The van der Waals surface area contributed by atoms with Crippen LogP contribution in [0.15, 0.2) is 0 Å². The second kappa shape index (κ2) is 33.9. The van der Waals surface area contributed by atoms with Crippen LogP contribution in [0.5, 0.6) is 0 Å². The van der Waals surface area contributed by atoms with Crippen molar-refractivity contribution >= 4 is 65.1 Å². The zero-order valence-electron chi connectivity index (χ0n) is 30.7. The van der Waals surface area contributed by atoms with Crippen molar-refractivity contribution < 1.29 is 43.0 Å². The van der Waals surface area contributed by atoms with Crippen LogP contribution in [0.25, 0.3) is 0 Å². The first-order valence-electron chi connectivity index (χ1n) is 17.8. The quantitative estimate of drug-likeness (QED) is 0.0527. The number of nitrogens with zero attached hydrogens (tertiary/aromatic N) is 1. The maximum absolute atomic E-state index is 12.7. The fourth-order valence-electron chi connectivity index (χ4n) is 4.20. The van der Waals surface area contributed by atoms with Crippen molar-refractivity contribution in [3.8, 4) is 0 Å². The maximum atomic E-state index is 12.7. The molecule has 0 aromatic rings. The second-order valence-corrected chi connectivity index (χ2v) is 13.5. The molecular formula is C33H61N7O9S2. The van der Waals surface area contributed by atoms with Gasteiger partial charge < -0.3 is 46.3 Å². The van der Waals surface area contributed by atoms with Gasteiger partial charge in [-0.1, -0.05) is 12.8 Å². The van der Waals surface area contributed by atoms with Gasteiger partial charge in [0.25, 0.3) is 0 Å². The van der Waals surface area contributed by atoms with E-state index in [2.05, 4.69) is 31.9 Å². The molecule has 6 N–H and O–H groups in total. The molecule has 0 aromatic heterocycles. The lowest BCUT2D eigenvalue weighted by Gasteiger charge is -2.22. The first kappa shape index (κ1) is 47.8. The van der Waals surface area contributed by atoms with Crippen molar-refractivity contribution in [1.82, 2.24) is 36.8 Å². The zero-order valence-corrected chi connectivity index (χ0v) is 32.3. The summed E-state index contributed by atoms with van der Waals surface area (Å²) < 4.78 is 10.5. The highest BCUT2D eigenvalue weighted by atomic mass is 32.2. The van der Waals surface area contributed by atoms with Crippen LogP contribution < -0.4 is 31.9 Å². The summed E-state index contributed by atoms with van der Waals surface area (Å²) in [6, 6.07) is 0. The minimum atomic E-state index is -0.558. The number of carbonyl (C=O) groups excluding carboxylic acids is 7. The van der Waals surface area contributed by atoms with Gasteiger partial charge in [-0.05, 0) is 32.6 Å². The lowest BCUT2D eigenvalue weighted by atomic mass is 10.2. The number of hydrogen-bond donors (Lipinski definition) is 6. The number of nitrogens with one attached hydrogen (secondary N) is 6. The largest absolute Gasteiger partial charge is 0.447 e. The fraction of sp³-hybridized carbons (Fsp3) is 0.788. The molecule has 0 bridgehead atoms. The van der Waals surface area contributed by atoms with E-state index in [0.29, 0.717) is 81.2 Å². The smallest absolute Gasteiger partial charge is 0.409 e. The molecule has 0 aliphatic rings. The first-order valence-corrected chi connectivity index (χ1v) is 20.1. The van der Waals surface area contributed by atoms with E-state index in [-0.39, 0.29) is 74.8 Å². The Labute approximate surface area is 311 Å². The van der Waals surface area contributed by atoms with Crippen LogP contribution in [0.1, 0.15) is 71.1 Å². The Morgan fingerprint density at radius 1 is 0.529 bits per heavy atom. The van der Waals surface area contributed by atoms with Crippen molar-refractivity contribution in [1.29, 1.82) is 0 Å². The van der Waals surface area contributed by atoms with Crippen LogP contribution in [-0.4, -0.2) is 143 Å². The molecule has 0 radical (unpaired) electrons. The molecule has 0 fully saturated rings. The summed E-state index contributed by atoms with van der Waals surface area (Å²) in [6.45, 7) is 4.63. The highest BCUT2D eigenvalue weighted by Gasteiger charge is 2.16. The zero-order chi connectivity index (χ0) is 38.0. The van der Waals surface area contributed by atoms with Gasteiger partial charge in [0.2, 0.25) is 35.4 Å². The Kier molecular flexibility index (Phi) is 31.7. The van der Waals surface area contributed by atoms with Crippen LogP contribution in [0.4, 0.5) is 4.79 Å².